The van der Waals surface area contributed by atoms with E-state index in [1.165, 1.54) is 19.6 Å². The second kappa shape index (κ2) is 9.31. The molecule has 0 bridgehead atoms. The highest BCUT2D eigenvalue weighted by Gasteiger charge is 2.28. The van der Waals surface area contributed by atoms with Crippen LogP contribution in [-0.2, 0) is 18.3 Å². The number of carbonyl (C=O) groups excluding carboxylic acids is 1. The number of hydrogen-bond donors (Lipinski definition) is 3. The van der Waals surface area contributed by atoms with Crippen LogP contribution in [0, 0.1) is 0 Å². The molecule has 0 aliphatic carbocycles. The second-order valence-corrected chi connectivity index (χ2v) is 7.40. The number of nitrogens with zero attached hydrogens (tertiary/aromatic N) is 3. The van der Waals surface area contributed by atoms with E-state index in [0.717, 1.165) is 4.68 Å². The highest BCUT2D eigenvalue weighted by atomic mass is 16.4. The van der Waals surface area contributed by atoms with Crippen LogP contribution in [0.15, 0.2) is 78.0 Å². The van der Waals surface area contributed by atoms with Crippen molar-refractivity contribution in [2.24, 2.45) is 7.05 Å². The van der Waals surface area contributed by atoms with E-state index in [2.05, 4.69) is 20.4 Å². The van der Waals surface area contributed by atoms with Gasteiger partial charge in [-0.3, -0.25) is 9.59 Å². The number of aliphatic carboxylic acids is 1. The number of aryl methyl sites for hydroxylation is 1. The molecule has 33 heavy (non-hydrogen) atoms. The first kappa shape index (κ1) is 21.7. The molecule has 0 aliphatic rings. The van der Waals surface area contributed by atoms with Gasteiger partial charge in [0.15, 0.2) is 0 Å². The second-order valence-electron chi connectivity index (χ2n) is 7.40. The lowest BCUT2D eigenvalue weighted by atomic mass is 9.95. The molecule has 1 atom stereocenters. The summed E-state index contributed by atoms with van der Waals surface area (Å²) in [5, 5.41) is 16.6. The molecule has 166 valence electrons. The zero-order valence-electron chi connectivity index (χ0n) is 17.7. The molecule has 0 saturated carbocycles. The summed E-state index contributed by atoms with van der Waals surface area (Å²) >= 11 is 0. The third kappa shape index (κ3) is 4.57. The maximum absolute atomic E-state index is 13.4. The Bertz CT molecular complexity index is 1330. The monoisotopic (exact) mass is 443 g/mol. The van der Waals surface area contributed by atoms with Crippen LogP contribution in [0.3, 0.4) is 0 Å². The Hall–Kier alpha value is -4.53. The average Bonchev–Trinajstić information content (AvgIpc) is 3.34. The van der Waals surface area contributed by atoms with Crippen LogP contribution >= 0.6 is 0 Å². The number of amides is 1. The molecule has 4 rings (SSSR count). The summed E-state index contributed by atoms with van der Waals surface area (Å²) in [5.41, 5.74) is 1.85. The summed E-state index contributed by atoms with van der Waals surface area (Å²) in [6, 6.07) is 16.9. The predicted molar refractivity (Wildman–Crippen MR) is 122 cm³/mol. The van der Waals surface area contributed by atoms with Crippen molar-refractivity contribution in [3.63, 3.8) is 0 Å². The van der Waals surface area contributed by atoms with Crippen LogP contribution in [0.4, 0.5) is 0 Å². The Labute approximate surface area is 188 Å². The molecule has 0 fully saturated rings. The molecule has 0 radical (unpaired) electrons. The summed E-state index contributed by atoms with van der Waals surface area (Å²) in [6.45, 7) is 0. The van der Waals surface area contributed by atoms with Gasteiger partial charge in [-0.2, -0.15) is 5.10 Å². The first-order chi connectivity index (χ1) is 16.0. The summed E-state index contributed by atoms with van der Waals surface area (Å²) in [5.74, 6) is -2.02. The largest absolute Gasteiger partial charge is 0.480 e. The van der Waals surface area contributed by atoms with Crippen molar-refractivity contribution in [3.8, 4) is 22.4 Å². The SMILES string of the molecule is Cn1nc(-c2ccccc2)c(-c2ccccc2)c(C(=O)NC(Cc2cnc[nH]2)C(=O)O)c1=O. The van der Waals surface area contributed by atoms with Crippen LogP contribution < -0.4 is 10.9 Å². The normalized spacial score (nSPS) is 11.7. The lowest BCUT2D eigenvalue weighted by Gasteiger charge is -2.18. The summed E-state index contributed by atoms with van der Waals surface area (Å²) < 4.78 is 1.09. The van der Waals surface area contributed by atoms with Gasteiger partial charge in [-0.1, -0.05) is 60.7 Å². The van der Waals surface area contributed by atoms with Gasteiger partial charge >= 0.3 is 5.97 Å². The number of aromatic nitrogens is 4. The van der Waals surface area contributed by atoms with Crippen molar-refractivity contribution >= 4 is 11.9 Å². The maximum atomic E-state index is 13.4. The zero-order valence-corrected chi connectivity index (χ0v) is 17.7. The minimum atomic E-state index is -1.26. The molecule has 0 aliphatic heterocycles. The van der Waals surface area contributed by atoms with E-state index >= 15 is 0 Å². The van der Waals surface area contributed by atoms with Crippen LogP contribution in [-0.4, -0.2) is 42.8 Å². The Kier molecular flexibility index (Phi) is 6.12. The lowest BCUT2D eigenvalue weighted by molar-refractivity contribution is -0.139. The van der Waals surface area contributed by atoms with Crippen molar-refractivity contribution in [2.45, 2.75) is 12.5 Å². The molecule has 2 aromatic heterocycles. The average molecular weight is 443 g/mol. The number of H-pyrrole nitrogens is 1. The van der Waals surface area contributed by atoms with E-state index in [1.54, 1.807) is 24.3 Å². The van der Waals surface area contributed by atoms with Crippen LogP contribution in [0.5, 0.6) is 0 Å². The molecule has 3 N–H and O–H groups in total. The standard InChI is InChI=1S/C24H21N5O4/c1-29-23(31)20(22(30)27-18(24(32)33)12-17-13-25-14-26-17)19(15-8-4-2-5-9-15)21(28-29)16-10-6-3-7-11-16/h2-11,13-14,18H,12H2,1H3,(H,25,26)(H,27,30)(H,32,33). The van der Waals surface area contributed by atoms with E-state index in [1.807, 2.05) is 36.4 Å². The summed E-state index contributed by atoms with van der Waals surface area (Å²) in [6.07, 6.45) is 2.89. The first-order valence-electron chi connectivity index (χ1n) is 10.2. The van der Waals surface area contributed by atoms with Crippen LogP contribution in [0.1, 0.15) is 16.1 Å². The van der Waals surface area contributed by atoms with E-state index in [9.17, 15) is 19.5 Å². The van der Waals surface area contributed by atoms with Gasteiger partial charge in [0.1, 0.15) is 11.6 Å². The van der Waals surface area contributed by atoms with Gasteiger partial charge < -0.3 is 15.4 Å². The minimum Gasteiger partial charge on any atom is -0.480 e. The lowest BCUT2D eigenvalue weighted by Crippen LogP contribution is -2.45. The highest BCUT2D eigenvalue weighted by molar-refractivity contribution is 6.04. The van der Waals surface area contributed by atoms with Crippen molar-refractivity contribution in [1.82, 2.24) is 25.1 Å². The van der Waals surface area contributed by atoms with Gasteiger partial charge in [-0.05, 0) is 5.56 Å². The number of benzene rings is 2. The number of carboxylic acids is 1. The highest BCUT2D eigenvalue weighted by Crippen LogP contribution is 2.31. The Balaban J connectivity index is 1.86. The van der Waals surface area contributed by atoms with Gasteiger partial charge in [-0.15, -0.1) is 0 Å². The third-order valence-electron chi connectivity index (χ3n) is 5.16. The zero-order chi connectivity index (χ0) is 23.4. The first-order valence-corrected chi connectivity index (χ1v) is 10.2. The molecular weight excluding hydrogens is 422 g/mol. The van der Waals surface area contributed by atoms with Gasteiger partial charge in [0.2, 0.25) is 0 Å². The van der Waals surface area contributed by atoms with Crippen molar-refractivity contribution in [3.05, 3.63) is 94.8 Å². The third-order valence-corrected chi connectivity index (χ3v) is 5.16. The molecule has 2 aromatic carbocycles. The Morgan fingerprint density at radius 3 is 2.27 bits per heavy atom. The number of imidazole rings is 1. The predicted octanol–water partition coefficient (Wildman–Crippen LogP) is 2.26. The van der Waals surface area contributed by atoms with Crippen molar-refractivity contribution in [1.29, 1.82) is 0 Å². The van der Waals surface area contributed by atoms with Crippen molar-refractivity contribution in [2.75, 3.05) is 0 Å². The Morgan fingerprint density at radius 2 is 1.70 bits per heavy atom. The molecule has 2 heterocycles. The smallest absolute Gasteiger partial charge is 0.326 e. The van der Waals surface area contributed by atoms with E-state index < -0.39 is 23.5 Å². The molecule has 1 unspecified atom stereocenters. The van der Waals surface area contributed by atoms with Gasteiger partial charge in [0, 0.05) is 36.5 Å². The van der Waals surface area contributed by atoms with E-state index in [-0.39, 0.29) is 12.0 Å². The molecule has 4 aromatic rings. The number of nitrogens with one attached hydrogen (secondary N) is 2. The maximum Gasteiger partial charge on any atom is 0.326 e. The fourth-order valence-electron chi connectivity index (χ4n) is 3.57. The van der Waals surface area contributed by atoms with Gasteiger partial charge in [0.25, 0.3) is 11.5 Å². The number of rotatable bonds is 7. The number of carboxylic acid groups (broad SMARTS) is 1. The quantitative estimate of drug-likeness (QED) is 0.402. The molecule has 0 saturated heterocycles. The van der Waals surface area contributed by atoms with Crippen molar-refractivity contribution < 1.29 is 14.7 Å². The summed E-state index contributed by atoms with van der Waals surface area (Å²) in [7, 11) is 1.46. The molecule has 9 heteroatoms. The number of aromatic amines is 1. The Morgan fingerprint density at radius 1 is 1.06 bits per heavy atom. The van der Waals surface area contributed by atoms with E-state index in [0.29, 0.717) is 28.1 Å². The fraction of sp³-hybridized carbons (Fsp3) is 0.125. The van der Waals surface area contributed by atoms with Gasteiger partial charge in [-0.25, -0.2) is 14.5 Å². The minimum absolute atomic E-state index is 0.0152. The number of carbonyl (C=O) groups is 2. The molecular formula is C24H21N5O4. The number of hydrogen-bond acceptors (Lipinski definition) is 5. The summed E-state index contributed by atoms with van der Waals surface area (Å²) in [4.78, 5) is 45.1. The van der Waals surface area contributed by atoms with Gasteiger partial charge in [0.05, 0.1) is 12.0 Å². The fourth-order valence-corrected chi connectivity index (χ4v) is 3.57. The van der Waals surface area contributed by atoms with Crippen LogP contribution in [0.2, 0.25) is 0 Å². The molecule has 0 spiro atoms. The van der Waals surface area contributed by atoms with E-state index in [4.69, 9.17) is 0 Å². The van der Waals surface area contributed by atoms with Crippen LogP contribution in [0.25, 0.3) is 22.4 Å². The molecule has 1 amide bonds. The molecule has 9 nitrogen and oxygen atoms in total. The topological polar surface area (TPSA) is 130 Å².